The number of carbonyl (C=O) groups is 2. The molecular weight excluding hydrogens is 386 g/mol. The van der Waals surface area contributed by atoms with Crippen molar-refractivity contribution in [1.29, 1.82) is 0 Å². The molecule has 2 fully saturated rings. The maximum atomic E-state index is 13.0. The fraction of sp³-hybridized carbons (Fsp3) is 0.474. The standard InChI is InChI=1S/C19H23N3O3S.ClH/c1-12-14-4-2-3-5-16(14)26-17(12)19(25)22-8-6-21(7-9-22)18(24)15-10-13(23)11-20-15;/h2-5,13,15,20,23H,6-11H2,1H3;1H. The van der Waals surface area contributed by atoms with E-state index in [0.717, 1.165) is 20.5 Å². The van der Waals surface area contributed by atoms with Crippen LogP contribution in [0.3, 0.4) is 0 Å². The molecule has 4 rings (SSSR count). The highest BCUT2D eigenvalue weighted by Gasteiger charge is 2.34. The van der Waals surface area contributed by atoms with Crippen LogP contribution in [0.25, 0.3) is 10.1 Å². The zero-order valence-electron chi connectivity index (χ0n) is 15.2. The second-order valence-corrected chi connectivity index (χ2v) is 8.07. The van der Waals surface area contributed by atoms with Gasteiger partial charge in [-0.25, -0.2) is 0 Å². The van der Waals surface area contributed by atoms with Crippen LogP contribution in [0.5, 0.6) is 0 Å². The molecule has 2 amide bonds. The van der Waals surface area contributed by atoms with Crippen molar-refractivity contribution in [2.24, 2.45) is 0 Å². The lowest BCUT2D eigenvalue weighted by atomic mass is 10.1. The van der Waals surface area contributed by atoms with Gasteiger partial charge in [-0.3, -0.25) is 9.59 Å². The first kappa shape index (κ1) is 20.1. The van der Waals surface area contributed by atoms with Crippen molar-refractivity contribution < 1.29 is 14.7 Å². The van der Waals surface area contributed by atoms with Crippen molar-refractivity contribution >= 4 is 45.6 Å². The summed E-state index contributed by atoms with van der Waals surface area (Å²) in [6.07, 6.45) is 0.0293. The molecule has 2 aliphatic heterocycles. The number of benzene rings is 1. The maximum Gasteiger partial charge on any atom is 0.264 e. The minimum absolute atomic E-state index is 0. The second kappa shape index (κ2) is 8.14. The first-order valence-corrected chi connectivity index (χ1v) is 9.84. The van der Waals surface area contributed by atoms with Crippen molar-refractivity contribution in [2.45, 2.75) is 25.5 Å². The topological polar surface area (TPSA) is 72.9 Å². The Balaban J connectivity index is 0.00000210. The van der Waals surface area contributed by atoms with Gasteiger partial charge in [0.05, 0.1) is 17.0 Å². The SMILES string of the molecule is Cc1c(C(=O)N2CCN(C(=O)C3CC(O)CN3)CC2)sc2ccccc12.Cl. The summed E-state index contributed by atoms with van der Waals surface area (Å²) in [6, 6.07) is 7.79. The third-order valence-corrected chi connectivity index (χ3v) is 6.58. The number of aliphatic hydroxyl groups is 1. The van der Waals surface area contributed by atoms with Gasteiger partial charge in [-0.2, -0.15) is 0 Å². The highest BCUT2D eigenvalue weighted by atomic mass is 35.5. The monoisotopic (exact) mass is 409 g/mol. The molecule has 0 bridgehead atoms. The van der Waals surface area contributed by atoms with E-state index in [0.29, 0.717) is 39.1 Å². The van der Waals surface area contributed by atoms with Gasteiger partial charge in [0.2, 0.25) is 5.91 Å². The Morgan fingerprint density at radius 1 is 1.15 bits per heavy atom. The molecule has 0 radical (unpaired) electrons. The first-order chi connectivity index (χ1) is 12.5. The number of rotatable bonds is 2. The van der Waals surface area contributed by atoms with E-state index >= 15 is 0 Å². The van der Waals surface area contributed by atoms with Crippen molar-refractivity contribution in [3.63, 3.8) is 0 Å². The van der Waals surface area contributed by atoms with Gasteiger partial charge in [-0.1, -0.05) is 18.2 Å². The molecule has 1 aromatic carbocycles. The zero-order chi connectivity index (χ0) is 18.3. The Bertz CT molecular complexity index is 848. The summed E-state index contributed by atoms with van der Waals surface area (Å²) >= 11 is 1.54. The lowest BCUT2D eigenvalue weighted by Gasteiger charge is -2.35. The molecule has 27 heavy (non-hydrogen) atoms. The Labute approximate surface area is 168 Å². The number of nitrogens with zero attached hydrogens (tertiary/aromatic N) is 2. The molecule has 146 valence electrons. The van der Waals surface area contributed by atoms with Gasteiger partial charge in [0.1, 0.15) is 0 Å². The van der Waals surface area contributed by atoms with E-state index in [1.165, 1.54) is 0 Å². The van der Waals surface area contributed by atoms with Crippen LogP contribution in [-0.2, 0) is 4.79 Å². The van der Waals surface area contributed by atoms with Gasteiger partial charge in [-0.05, 0) is 30.4 Å². The van der Waals surface area contributed by atoms with E-state index in [9.17, 15) is 14.7 Å². The number of β-amino-alcohol motifs (C(OH)–C–C–N with tert-alkyl or cyclic N) is 1. The first-order valence-electron chi connectivity index (χ1n) is 9.02. The van der Waals surface area contributed by atoms with E-state index < -0.39 is 6.10 Å². The highest BCUT2D eigenvalue weighted by Crippen LogP contribution is 2.31. The molecule has 2 atom stereocenters. The quantitative estimate of drug-likeness (QED) is 0.790. The summed E-state index contributed by atoms with van der Waals surface area (Å²) in [6.45, 7) is 4.66. The number of aryl methyl sites for hydroxylation is 1. The summed E-state index contributed by atoms with van der Waals surface area (Å²) in [7, 11) is 0. The minimum atomic E-state index is -0.442. The Morgan fingerprint density at radius 2 is 1.81 bits per heavy atom. The van der Waals surface area contributed by atoms with Crippen LogP contribution in [0.2, 0.25) is 0 Å². The van der Waals surface area contributed by atoms with Gasteiger partial charge in [0, 0.05) is 37.4 Å². The summed E-state index contributed by atoms with van der Waals surface area (Å²) in [5.74, 6) is 0.0944. The average molecular weight is 410 g/mol. The van der Waals surface area contributed by atoms with E-state index in [4.69, 9.17) is 0 Å². The summed E-state index contributed by atoms with van der Waals surface area (Å²) in [4.78, 5) is 29.9. The van der Waals surface area contributed by atoms with Crippen LogP contribution in [0.1, 0.15) is 21.7 Å². The van der Waals surface area contributed by atoms with Crippen LogP contribution < -0.4 is 5.32 Å². The highest BCUT2D eigenvalue weighted by molar-refractivity contribution is 7.21. The minimum Gasteiger partial charge on any atom is -0.392 e. The van der Waals surface area contributed by atoms with Gasteiger partial charge >= 0.3 is 0 Å². The average Bonchev–Trinajstić information content (AvgIpc) is 3.25. The number of fused-ring (bicyclic) bond motifs is 1. The van der Waals surface area contributed by atoms with E-state index in [-0.39, 0.29) is 30.3 Å². The number of amides is 2. The molecule has 1 aromatic heterocycles. The number of aliphatic hydroxyl groups excluding tert-OH is 1. The molecule has 2 aliphatic rings. The molecule has 6 nitrogen and oxygen atoms in total. The molecule has 0 spiro atoms. The van der Waals surface area contributed by atoms with Crippen molar-refractivity contribution in [3.05, 3.63) is 34.7 Å². The van der Waals surface area contributed by atoms with Gasteiger partial charge in [0.15, 0.2) is 0 Å². The van der Waals surface area contributed by atoms with Crippen molar-refractivity contribution in [3.8, 4) is 0 Å². The van der Waals surface area contributed by atoms with Gasteiger partial charge in [0.25, 0.3) is 5.91 Å². The molecule has 0 aliphatic carbocycles. The van der Waals surface area contributed by atoms with Gasteiger partial charge in [-0.15, -0.1) is 23.7 Å². The number of hydrogen-bond acceptors (Lipinski definition) is 5. The molecular formula is C19H24ClN3O3S. The molecule has 2 saturated heterocycles. The van der Waals surface area contributed by atoms with Crippen LogP contribution in [0, 0.1) is 6.92 Å². The number of halogens is 1. The van der Waals surface area contributed by atoms with Crippen LogP contribution in [0.15, 0.2) is 24.3 Å². The lowest BCUT2D eigenvalue weighted by molar-refractivity contribution is -0.134. The van der Waals surface area contributed by atoms with E-state index in [1.54, 1.807) is 16.2 Å². The Hall–Kier alpha value is -1.67. The number of thiophene rings is 1. The predicted molar refractivity (Wildman–Crippen MR) is 109 cm³/mol. The summed E-state index contributed by atoms with van der Waals surface area (Å²) in [5, 5.41) is 13.8. The Kier molecular flexibility index (Phi) is 6.05. The van der Waals surface area contributed by atoms with Gasteiger partial charge < -0.3 is 20.2 Å². The number of carbonyl (C=O) groups excluding carboxylic acids is 2. The smallest absolute Gasteiger partial charge is 0.264 e. The van der Waals surface area contributed by atoms with Crippen LogP contribution >= 0.6 is 23.7 Å². The molecule has 2 aromatic rings. The van der Waals surface area contributed by atoms with Crippen LogP contribution in [-0.4, -0.2) is 71.6 Å². The number of hydrogen-bond donors (Lipinski definition) is 2. The largest absolute Gasteiger partial charge is 0.392 e. The third kappa shape index (κ3) is 3.82. The normalized spacial score (nSPS) is 22.7. The van der Waals surface area contributed by atoms with Crippen molar-refractivity contribution in [1.82, 2.24) is 15.1 Å². The maximum absolute atomic E-state index is 13.0. The fourth-order valence-corrected chi connectivity index (χ4v) is 4.95. The van der Waals surface area contributed by atoms with Crippen molar-refractivity contribution in [2.75, 3.05) is 32.7 Å². The predicted octanol–water partition coefficient (Wildman–Crippen LogP) is 1.64. The Morgan fingerprint density at radius 3 is 2.44 bits per heavy atom. The molecule has 8 heteroatoms. The summed E-state index contributed by atoms with van der Waals surface area (Å²) in [5.41, 5.74) is 1.04. The zero-order valence-corrected chi connectivity index (χ0v) is 16.8. The lowest BCUT2D eigenvalue weighted by Crippen LogP contribution is -2.54. The van der Waals surface area contributed by atoms with Crippen LogP contribution in [0.4, 0.5) is 0 Å². The van der Waals surface area contributed by atoms with E-state index in [2.05, 4.69) is 11.4 Å². The molecule has 2 unspecified atom stereocenters. The number of nitrogens with one attached hydrogen (secondary N) is 1. The van der Waals surface area contributed by atoms with E-state index in [1.807, 2.05) is 30.0 Å². The third-order valence-electron chi connectivity index (χ3n) is 5.32. The second-order valence-electron chi connectivity index (χ2n) is 7.02. The summed E-state index contributed by atoms with van der Waals surface area (Å²) < 4.78 is 1.13. The fourth-order valence-electron chi connectivity index (χ4n) is 3.78. The molecule has 0 saturated carbocycles. The molecule has 3 heterocycles. The molecule has 2 N–H and O–H groups in total. The number of piperazine rings is 1.